The molecule has 0 aromatic rings. The van der Waals surface area contributed by atoms with E-state index in [4.69, 9.17) is 0 Å². The maximum Gasteiger partial charge on any atom is 0.00479 e. The largest absolute Gasteiger partial charge is 0.317 e. The van der Waals surface area contributed by atoms with Gasteiger partial charge >= 0.3 is 0 Å². The minimum atomic E-state index is 0.628. The predicted molar refractivity (Wildman–Crippen MR) is 64.7 cm³/mol. The van der Waals surface area contributed by atoms with E-state index in [0.717, 1.165) is 5.92 Å². The summed E-state index contributed by atoms with van der Waals surface area (Å²) < 4.78 is 0. The van der Waals surface area contributed by atoms with Gasteiger partial charge in [-0.1, -0.05) is 13.8 Å². The van der Waals surface area contributed by atoms with Crippen molar-refractivity contribution in [3.63, 3.8) is 0 Å². The van der Waals surface area contributed by atoms with E-state index in [0.29, 0.717) is 12.1 Å². The first kappa shape index (κ1) is 13.9. The maximum absolute atomic E-state index is 3.29. The second-order valence-electron chi connectivity index (χ2n) is 4.96. The normalized spacial score (nSPS) is 14.4. The Morgan fingerprint density at radius 3 is 2.00 bits per heavy atom. The van der Waals surface area contributed by atoms with Crippen molar-refractivity contribution < 1.29 is 0 Å². The van der Waals surface area contributed by atoms with E-state index in [1.54, 1.807) is 0 Å². The molecule has 2 nitrogen and oxygen atoms in total. The SMILES string of the molecule is CNC(C)CCN(CC(C)C)C(C)C. The Hall–Kier alpha value is -0.0800. The summed E-state index contributed by atoms with van der Waals surface area (Å²) in [6.45, 7) is 13.8. The van der Waals surface area contributed by atoms with E-state index in [1.165, 1.54) is 19.5 Å². The molecule has 2 heteroatoms. The van der Waals surface area contributed by atoms with Gasteiger partial charge in [-0.05, 0) is 46.7 Å². The number of nitrogens with one attached hydrogen (secondary N) is 1. The van der Waals surface area contributed by atoms with Crippen molar-refractivity contribution in [1.82, 2.24) is 10.2 Å². The Kier molecular flexibility index (Phi) is 7.20. The van der Waals surface area contributed by atoms with Crippen LogP contribution in [0.2, 0.25) is 0 Å². The van der Waals surface area contributed by atoms with E-state index in [-0.39, 0.29) is 0 Å². The summed E-state index contributed by atoms with van der Waals surface area (Å²) in [6, 6.07) is 1.30. The van der Waals surface area contributed by atoms with Crippen LogP contribution < -0.4 is 5.32 Å². The van der Waals surface area contributed by atoms with Crippen molar-refractivity contribution in [1.29, 1.82) is 0 Å². The van der Waals surface area contributed by atoms with Crippen LogP contribution >= 0.6 is 0 Å². The molecule has 0 aliphatic rings. The van der Waals surface area contributed by atoms with Gasteiger partial charge in [-0.2, -0.15) is 0 Å². The third-order valence-electron chi connectivity index (χ3n) is 2.67. The molecule has 0 aliphatic carbocycles. The van der Waals surface area contributed by atoms with Crippen LogP contribution in [0.1, 0.15) is 41.0 Å². The van der Waals surface area contributed by atoms with Crippen molar-refractivity contribution in [2.75, 3.05) is 20.1 Å². The summed E-state index contributed by atoms with van der Waals surface area (Å²) in [4.78, 5) is 2.57. The zero-order valence-corrected chi connectivity index (χ0v) is 10.8. The molecular weight excluding hydrogens is 172 g/mol. The summed E-state index contributed by atoms with van der Waals surface area (Å²) in [7, 11) is 2.03. The molecule has 0 saturated carbocycles. The highest BCUT2D eigenvalue weighted by atomic mass is 15.1. The summed E-state index contributed by atoms with van der Waals surface area (Å²) in [5, 5.41) is 3.29. The maximum atomic E-state index is 3.29. The number of hydrogen-bond acceptors (Lipinski definition) is 2. The minimum Gasteiger partial charge on any atom is -0.317 e. The molecule has 0 radical (unpaired) electrons. The van der Waals surface area contributed by atoms with E-state index < -0.39 is 0 Å². The Morgan fingerprint density at radius 1 is 1.07 bits per heavy atom. The van der Waals surface area contributed by atoms with Gasteiger partial charge in [0.1, 0.15) is 0 Å². The monoisotopic (exact) mass is 200 g/mol. The van der Waals surface area contributed by atoms with Crippen molar-refractivity contribution in [2.24, 2.45) is 5.92 Å². The third kappa shape index (κ3) is 6.39. The Labute approximate surface area is 90.1 Å². The lowest BCUT2D eigenvalue weighted by Crippen LogP contribution is -2.37. The number of nitrogens with zero attached hydrogens (tertiary/aromatic N) is 1. The predicted octanol–water partition coefficient (Wildman–Crippen LogP) is 2.35. The van der Waals surface area contributed by atoms with Gasteiger partial charge in [0.25, 0.3) is 0 Å². The third-order valence-corrected chi connectivity index (χ3v) is 2.67. The summed E-state index contributed by atoms with van der Waals surface area (Å²) in [5.74, 6) is 0.766. The van der Waals surface area contributed by atoms with Crippen LogP contribution in [0.4, 0.5) is 0 Å². The minimum absolute atomic E-state index is 0.628. The lowest BCUT2D eigenvalue weighted by molar-refractivity contribution is 0.190. The summed E-state index contributed by atoms with van der Waals surface area (Å²) in [6.07, 6.45) is 1.24. The first-order valence-electron chi connectivity index (χ1n) is 5.88. The lowest BCUT2D eigenvalue weighted by atomic mass is 10.1. The van der Waals surface area contributed by atoms with Crippen LogP contribution in [0.15, 0.2) is 0 Å². The van der Waals surface area contributed by atoms with Crippen molar-refractivity contribution >= 4 is 0 Å². The summed E-state index contributed by atoms with van der Waals surface area (Å²) >= 11 is 0. The topological polar surface area (TPSA) is 15.3 Å². The molecule has 0 fully saturated rings. The van der Waals surface area contributed by atoms with Crippen molar-refractivity contribution in [2.45, 2.75) is 53.1 Å². The average Bonchev–Trinajstić information content (AvgIpc) is 2.10. The molecule has 0 aromatic carbocycles. The Bertz CT molecular complexity index is 132. The molecule has 86 valence electrons. The highest BCUT2D eigenvalue weighted by Crippen LogP contribution is 2.06. The van der Waals surface area contributed by atoms with Gasteiger partial charge in [0.05, 0.1) is 0 Å². The van der Waals surface area contributed by atoms with Crippen LogP contribution in [0.25, 0.3) is 0 Å². The van der Waals surface area contributed by atoms with Crippen LogP contribution in [0.3, 0.4) is 0 Å². The van der Waals surface area contributed by atoms with E-state index in [2.05, 4.69) is 44.8 Å². The number of rotatable bonds is 7. The highest BCUT2D eigenvalue weighted by molar-refractivity contribution is 4.68. The Balaban J connectivity index is 3.85. The lowest BCUT2D eigenvalue weighted by Gasteiger charge is -2.29. The van der Waals surface area contributed by atoms with E-state index >= 15 is 0 Å². The van der Waals surface area contributed by atoms with Crippen LogP contribution in [-0.4, -0.2) is 37.1 Å². The zero-order valence-electron chi connectivity index (χ0n) is 10.8. The molecule has 0 aromatic heterocycles. The Morgan fingerprint density at radius 2 is 1.64 bits per heavy atom. The molecule has 14 heavy (non-hydrogen) atoms. The van der Waals surface area contributed by atoms with Crippen LogP contribution in [0, 0.1) is 5.92 Å². The second-order valence-corrected chi connectivity index (χ2v) is 4.96. The average molecular weight is 200 g/mol. The van der Waals surface area contributed by atoms with Gasteiger partial charge in [-0.25, -0.2) is 0 Å². The van der Waals surface area contributed by atoms with Crippen LogP contribution in [-0.2, 0) is 0 Å². The first-order valence-corrected chi connectivity index (χ1v) is 5.88. The molecule has 1 N–H and O–H groups in total. The van der Waals surface area contributed by atoms with Gasteiger partial charge in [-0.3, -0.25) is 0 Å². The molecule has 0 spiro atoms. The molecule has 0 amide bonds. The highest BCUT2D eigenvalue weighted by Gasteiger charge is 2.11. The van der Waals surface area contributed by atoms with Crippen molar-refractivity contribution in [3.05, 3.63) is 0 Å². The molecule has 0 heterocycles. The van der Waals surface area contributed by atoms with E-state index in [1.807, 2.05) is 7.05 Å². The molecule has 0 rings (SSSR count). The molecule has 0 aliphatic heterocycles. The fourth-order valence-electron chi connectivity index (χ4n) is 1.53. The van der Waals surface area contributed by atoms with Gasteiger partial charge in [0.15, 0.2) is 0 Å². The van der Waals surface area contributed by atoms with Gasteiger partial charge < -0.3 is 10.2 Å². The van der Waals surface area contributed by atoms with Gasteiger partial charge in [0, 0.05) is 18.6 Å². The zero-order chi connectivity index (χ0) is 11.1. The van der Waals surface area contributed by atoms with Crippen LogP contribution in [0.5, 0.6) is 0 Å². The molecule has 1 atom stereocenters. The quantitative estimate of drug-likeness (QED) is 0.678. The summed E-state index contributed by atoms with van der Waals surface area (Å²) in [5.41, 5.74) is 0. The standard InChI is InChI=1S/C12H28N2/c1-10(2)9-14(11(3)4)8-7-12(5)13-6/h10-13H,7-9H2,1-6H3. The van der Waals surface area contributed by atoms with Crippen molar-refractivity contribution in [3.8, 4) is 0 Å². The second kappa shape index (κ2) is 7.24. The first-order chi connectivity index (χ1) is 6.47. The van der Waals surface area contributed by atoms with Gasteiger partial charge in [-0.15, -0.1) is 0 Å². The molecular formula is C12H28N2. The number of hydrogen-bond donors (Lipinski definition) is 1. The fraction of sp³-hybridized carbons (Fsp3) is 1.00. The molecule has 0 bridgehead atoms. The molecule has 0 saturated heterocycles. The molecule has 1 unspecified atom stereocenters. The van der Waals surface area contributed by atoms with E-state index in [9.17, 15) is 0 Å². The van der Waals surface area contributed by atoms with Gasteiger partial charge in [0.2, 0.25) is 0 Å². The smallest absolute Gasteiger partial charge is 0.00479 e. The fourth-order valence-corrected chi connectivity index (χ4v) is 1.53.